The maximum atomic E-state index is 3.62. The Bertz CT molecular complexity index is 186. The molecule has 0 aromatic carbocycles. The normalized spacial score (nSPS) is 19.8. The summed E-state index contributed by atoms with van der Waals surface area (Å²) in [6, 6.07) is 0. The van der Waals surface area contributed by atoms with Crippen molar-refractivity contribution in [2.24, 2.45) is 17.3 Å². The third-order valence-corrected chi connectivity index (χ3v) is 4.44. The van der Waals surface area contributed by atoms with Crippen LogP contribution in [0.15, 0.2) is 0 Å². The van der Waals surface area contributed by atoms with Crippen molar-refractivity contribution in [3.8, 4) is 0 Å². The van der Waals surface area contributed by atoms with Gasteiger partial charge in [0.2, 0.25) is 0 Å². The van der Waals surface area contributed by atoms with Crippen molar-refractivity contribution in [2.75, 3.05) is 13.1 Å². The van der Waals surface area contributed by atoms with Crippen LogP contribution in [0.3, 0.4) is 0 Å². The van der Waals surface area contributed by atoms with Gasteiger partial charge in [-0.05, 0) is 43.2 Å². The van der Waals surface area contributed by atoms with Crippen LogP contribution in [0.2, 0.25) is 0 Å². The number of rotatable bonds is 7. The lowest BCUT2D eigenvalue weighted by molar-refractivity contribution is 0.205. The maximum absolute atomic E-state index is 3.62. The molecule has 0 amide bonds. The summed E-state index contributed by atoms with van der Waals surface area (Å²) in [5.41, 5.74) is 0.458. The Hall–Kier alpha value is -0.0400. The van der Waals surface area contributed by atoms with Crippen LogP contribution in [0.25, 0.3) is 0 Å². The fourth-order valence-electron chi connectivity index (χ4n) is 3.03. The van der Waals surface area contributed by atoms with Crippen LogP contribution >= 0.6 is 0 Å². The summed E-state index contributed by atoms with van der Waals surface area (Å²) in [7, 11) is 0. The van der Waals surface area contributed by atoms with Gasteiger partial charge in [-0.2, -0.15) is 0 Å². The molecule has 1 N–H and O–H groups in total. The zero-order chi connectivity index (χ0) is 12.7. The van der Waals surface area contributed by atoms with E-state index in [9.17, 15) is 0 Å². The van der Waals surface area contributed by atoms with E-state index in [1.165, 1.54) is 58.0 Å². The van der Waals surface area contributed by atoms with E-state index < -0.39 is 0 Å². The van der Waals surface area contributed by atoms with Crippen molar-refractivity contribution in [1.29, 1.82) is 0 Å². The molecule has 102 valence electrons. The molecule has 1 fully saturated rings. The molecular weight excluding hydrogens is 206 g/mol. The first-order valence-electron chi connectivity index (χ1n) is 7.74. The molecule has 1 heteroatoms. The number of hydrogen-bond donors (Lipinski definition) is 1. The molecule has 0 spiro atoms. The standard InChI is InChI=1S/C16H33N/c1-5-12-17-13-15(16(2,3)4)11-10-14-8-6-7-9-14/h14-15,17H,5-13H2,1-4H3. The first kappa shape index (κ1) is 15.0. The van der Waals surface area contributed by atoms with Gasteiger partial charge in [0.25, 0.3) is 0 Å². The lowest BCUT2D eigenvalue weighted by atomic mass is 9.76. The predicted octanol–water partition coefficient (Wildman–Crippen LogP) is 4.62. The molecule has 1 aliphatic carbocycles. The van der Waals surface area contributed by atoms with Crippen molar-refractivity contribution in [3.63, 3.8) is 0 Å². The smallest absolute Gasteiger partial charge is 0.00155 e. The first-order chi connectivity index (χ1) is 8.04. The van der Waals surface area contributed by atoms with Crippen LogP contribution in [0, 0.1) is 17.3 Å². The molecule has 1 rings (SSSR count). The fraction of sp³-hybridized carbons (Fsp3) is 1.00. The van der Waals surface area contributed by atoms with Gasteiger partial charge in [0.05, 0.1) is 0 Å². The second-order valence-corrected chi connectivity index (χ2v) is 6.99. The Kier molecular flexibility index (Phi) is 6.54. The topological polar surface area (TPSA) is 12.0 Å². The van der Waals surface area contributed by atoms with Gasteiger partial charge in [0, 0.05) is 0 Å². The van der Waals surface area contributed by atoms with Crippen LogP contribution in [0.1, 0.15) is 72.6 Å². The molecule has 1 aliphatic rings. The van der Waals surface area contributed by atoms with E-state index >= 15 is 0 Å². The highest BCUT2D eigenvalue weighted by molar-refractivity contribution is 4.78. The summed E-state index contributed by atoms with van der Waals surface area (Å²) in [5.74, 6) is 1.89. The molecule has 0 saturated heterocycles. The third kappa shape index (κ3) is 5.90. The lowest BCUT2D eigenvalue weighted by Gasteiger charge is -2.32. The van der Waals surface area contributed by atoms with Crippen LogP contribution in [-0.2, 0) is 0 Å². The van der Waals surface area contributed by atoms with Gasteiger partial charge in [-0.15, -0.1) is 0 Å². The second-order valence-electron chi connectivity index (χ2n) is 6.99. The molecule has 0 aliphatic heterocycles. The van der Waals surface area contributed by atoms with Crippen molar-refractivity contribution in [1.82, 2.24) is 5.32 Å². The largest absolute Gasteiger partial charge is 0.316 e. The molecule has 17 heavy (non-hydrogen) atoms. The number of hydrogen-bond acceptors (Lipinski definition) is 1. The zero-order valence-electron chi connectivity index (χ0n) is 12.5. The van der Waals surface area contributed by atoms with Gasteiger partial charge in [-0.25, -0.2) is 0 Å². The second kappa shape index (κ2) is 7.41. The summed E-state index contributed by atoms with van der Waals surface area (Å²) in [5, 5.41) is 3.62. The lowest BCUT2D eigenvalue weighted by Crippen LogP contribution is -2.32. The molecule has 1 nitrogen and oxygen atoms in total. The van der Waals surface area contributed by atoms with Gasteiger partial charge < -0.3 is 5.32 Å². The van der Waals surface area contributed by atoms with Crippen LogP contribution in [-0.4, -0.2) is 13.1 Å². The van der Waals surface area contributed by atoms with Gasteiger partial charge >= 0.3 is 0 Å². The predicted molar refractivity (Wildman–Crippen MR) is 77.3 cm³/mol. The molecule has 1 unspecified atom stereocenters. The molecule has 0 radical (unpaired) electrons. The Balaban J connectivity index is 2.29. The summed E-state index contributed by atoms with van der Waals surface area (Å²) in [6.45, 7) is 11.8. The fourth-order valence-corrected chi connectivity index (χ4v) is 3.03. The van der Waals surface area contributed by atoms with Crippen LogP contribution in [0.5, 0.6) is 0 Å². The van der Waals surface area contributed by atoms with Crippen LogP contribution < -0.4 is 5.32 Å². The highest BCUT2D eigenvalue weighted by Gasteiger charge is 2.25. The van der Waals surface area contributed by atoms with Gasteiger partial charge in [-0.1, -0.05) is 59.8 Å². The molecular formula is C16H33N. The molecule has 1 atom stereocenters. The monoisotopic (exact) mass is 239 g/mol. The minimum Gasteiger partial charge on any atom is -0.316 e. The number of nitrogens with one attached hydrogen (secondary N) is 1. The van der Waals surface area contributed by atoms with Crippen molar-refractivity contribution < 1.29 is 0 Å². The third-order valence-electron chi connectivity index (χ3n) is 4.44. The highest BCUT2D eigenvalue weighted by atomic mass is 14.9. The van der Waals surface area contributed by atoms with Crippen molar-refractivity contribution in [2.45, 2.75) is 72.6 Å². The first-order valence-corrected chi connectivity index (χ1v) is 7.74. The zero-order valence-corrected chi connectivity index (χ0v) is 12.5. The quantitative estimate of drug-likeness (QED) is 0.639. The summed E-state index contributed by atoms with van der Waals surface area (Å²) < 4.78 is 0. The minimum atomic E-state index is 0.458. The Morgan fingerprint density at radius 2 is 1.82 bits per heavy atom. The Morgan fingerprint density at radius 3 is 2.35 bits per heavy atom. The molecule has 1 saturated carbocycles. The highest BCUT2D eigenvalue weighted by Crippen LogP contribution is 2.34. The SMILES string of the molecule is CCCNCC(CCC1CCCC1)C(C)(C)C. The molecule has 0 aromatic rings. The van der Waals surface area contributed by atoms with E-state index in [4.69, 9.17) is 0 Å². The van der Waals surface area contributed by atoms with Gasteiger partial charge in [0.15, 0.2) is 0 Å². The van der Waals surface area contributed by atoms with E-state index in [-0.39, 0.29) is 0 Å². The molecule has 0 heterocycles. The maximum Gasteiger partial charge on any atom is -0.00155 e. The summed E-state index contributed by atoms with van der Waals surface area (Å²) in [6.07, 6.45) is 10.1. The van der Waals surface area contributed by atoms with E-state index in [0.717, 1.165) is 11.8 Å². The summed E-state index contributed by atoms with van der Waals surface area (Å²) in [4.78, 5) is 0. The van der Waals surface area contributed by atoms with Gasteiger partial charge in [0.1, 0.15) is 0 Å². The van der Waals surface area contributed by atoms with E-state index in [2.05, 4.69) is 33.0 Å². The van der Waals surface area contributed by atoms with Crippen molar-refractivity contribution >= 4 is 0 Å². The average molecular weight is 239 g/mol. The molecule has 0 aromatic heterocycles. The van der Waals surface area contributed by atoms with Crippen molar-refractivity contribution in [3.05, 3.63) is 0 Å². The minimum absolute atomic E-state index is 0.458. The van der Waals surface area contributed by atoms with E-state index in [1.54, 1.807) is 0 Å². The Labute approximate surface area is 109 Å². The van der Waals surface area contributed by atoms with E-state index in [1.807, 2.05) is 0 Å². The average Bonchev–Trinajstić information content (AvgIpc) is 2.74. The van der Waals surface area contributed by atoms with Crippen LogP contribution in [0.4, 0.5) is 0 Å². The molecule has 0 bridgehead atoms. The van der Waals surface area contributed by atoms with E-state index in [0.29, 0.717) is 5.41 Å². The summed E-state index contributed by atoms with van der Waals surface area (Å²) >= 11 is 0. The Morgan fingerprint density at radius 1 is 1.18 bits per heavy atom. The van der Waals surface area contributed by atoms with Gasteiger partial charge in [-0.3, -0.25) is 0 Å².